The highest BCUT2D eigenvalue weighted by Crippen LogP contribution is 2.38. The minimum Gasteiger partial charge on any atom is -0.267 e. The zero-order valence-electron chi connectivity index (χ0n) is 9.76. The Kier molecular flexibility index (Phi) is 3.21. The van der Waals surface area contributed by atoms with E-state index in [1.54, 1.807) is 10.6 Å². The number of aromatic amines is 1. The molecule has 19 heavy (non-hydrogen) atoms. The molecule has 3 rings (SSSR count). The van der Waals surface area contributed by atoms with Gasteiger partial charge in [0.1, 0.15) is 6.07 Å². The van der Waals surface area contributed by atoms with Gasteiger partial charge in [0.15, 0.2) is 5.16 Å². The van der Waals surface area contributed by atoms with E-state index in [0.717, 1.165) is 22.2 Å². The van der Waals surface area contributed by atoms with Crippen molar-refractivity contribution in [1.29, 1.82) is 5.26 Å². The molecule has 0 aliphatic heterocycles. The molecule has 0 bridgehead atoms. The van der Waals surface area contributed by atoms with Crippen molar-refractivity contribution >= 4 is 27.7 Å². The van der Waals surface area contributed by atoms with Crippen LogP contribution in [-0.2, 0) is 0 Å². The summed E-state index contributed by atoms with van der Waals surface area (Å²) in [6.45, 7) is 0. The standard InChI is InChI=1S/C12H9BrN4OS/c13-8-2-1-7(6-14)10(5-8)19-12-16-15-11(18)17(12)9-3-4-9/h1-2,5,9H,3-4H2,(H,15,18). The molecular weight excluding hydrogens is 328 g/mol. The van der Waals surface area contributed by atoms with Gasteiger partial charge in [-0.1, -0.05) is 15.9 Å². The highest BCUT2D eigenvalue weighted by atomic mass is 79.9. The number of nitriles is 1. The highest BCUT2D eigenvalue weighted by Gasteiger charge is 2.29. The molecule has 0 saturated heterocycles. The number of aromatic nitrogens is 3. The van der Waals surface area contributed by atoms with Gasteiger partial charge in [-0.05, 0) is 42.8 Å². The number of nitrogens with zero attached hydrogens (tertiary/aromatic N) is 3. The average Bonchev–Trinajstić information content (AvgIpc) is 3.15. The molecular formula is C12H9BrN4OS. The topological polar surface area (TPSA) is 74.5 Å². The first-order chi connectivity index (χ1) is 9.19. The molecule has 0 atom stereocenters. The predicted molar refractivity (Wildman–Crippen MR) is 74.1 cm³/mol. The second-order valence-corrected chi connectivity index (χ2v) is 6.19. The second-order valence-electron chi connectivity index (χ2n) is 4.27. The van der Waals surface area contributed by atoms with E-state index in [1.807, 2.05) is 12.1 Å². The van der Waals surface area contributed by atoms with Crippen LogP contribution in [0.5, 0.6) is 0 Å². The van der Waals surface area contributed by atoms with Gasteiger partial charge in [0.25, 0.3) is 0 Å². The molecule has 1 N–H and O–H groups in total. The molecule has 1 heterocycles. The summed E-state index contributed by atoms with van der Waals surface area (Å²) >= 11 is 4.72. The van der Waals surface area contributed by atoms with Crippen molar-refractivity contribution in [2.24, 2.45) is 0 Å². The second kappa shape index (κ2) is 4.87. The molecule has 5 nitrogen and oxygen atoms in total. The van der Waals surface area contributed by atoms with Gasteiger partial charge in [0.05, 0.1) is 5.56 Å². The van der Waals surface area contributed by atoms with Crippen LogP contribution >= 0.6 is 27.7 Å². The van der Waals surface area contributed by atoms with E-state index in [1.165, 1.54) is 11.8 Å². The average molecular weight is 337 g/mol. The van der Waals surface area contributed by atoms with Crippen molar-refractivity contribution in [2.75, 3.05) is 0 Å². The zero-order chi connectivity index (χ0) is 13.4. The van der Waals surface area contributed by atoms with Crippen molar-refractivity contribution in [2.45, 2.75) is 28.9 Å². The Hall–Kier alpha value is -1.52. The summed E-state index contributed by atoms with van der Waals surface area (Å²) in [5.74, 6) is 0. The molecule has 1 aliphatic carbocycles. The number of benzene rings is 1. The van der Waals surface area contributed by atoms with E-state index in [9.17, 15) is 4.79 Å². The van der Waals surface area contributed by atoms with E-state index >= 15 is 0 Å². The van der Waals surface area contributed by atoms with Crippen LogP contribution in [0.1, 0.15) is 24.4 Å². The summed E-state index contributed by atoms with van der Waals surface area (Å²) < 4.78 is 2.57. The van der Waals surface area contributed by atoms with Crippen LogP contribution in [-0.4, -0.2) is 14.8 Å². The van der Waals surface area contributed by atoms with E-state index in [4.69, 9.17) is 5.26 Å². The Labute approximate surface area is 121 Å². The molecule has 0 unspecified atom stereocenters. The van der Waals surface area contributed by atoms with Gasteiger partial charge >= 0.3 is 5.69 Å². The number of H-pyrrole nitrogens is 1. The van der Waals surface area contributed by atoms with E-state index < -0.39 is 0 Å². The molecule has 0 amide bonds. The van der Waals surface area contributed by atoms with Gasteiger partial charge in [-0.2, -0.15) is 5.26 Å². The molecule has 0 radical (unpaired) electrons. The first-order valence-corrected chi connectivity index (χ1v) is 7.34. The van der Waals surface area contributed by atoms with Gasteiger partial charge in [0, 0.05) is 15.4 Å². The van der Waals surface area contributed by atoms with Gasteiger partial charge in [-0.15, -0.1) is 5.10 Å². The molecule has 7 heteroatoms. The van der Waals surface area contributed by atoms with Crippen LogP contribution in [0.3, 0.4) is 0 Å². The first kappa shape index (κ1) is 12.5. The molecule has 1 aromatic carbocycles. The van der Waals surface area contributed by atoms with Crippen LogP contribution < -0.4 is 5.69 Å². The largest absolute Gasteiger partial charge is 0.344 e. The molecule has 1 aliphatic rings. The fourth-order valence-electron chi connectivity index (χ4n) is 1.79. The quantitative estimate of drug-likeness (QED) is 0.934. The Balaban J connectivity index is 2.00. The van der Waals surface area contributed by atoms with Gasteiger partial charge < -0.3 is 0 Å². The highest BCUT2D eigenvalue weighted by molar-refractivity contribution is 9.10. The summed E-state index contributed by atoms with van der Waals surface area (Å²) in [6.07, 6.45) is 2.02. The Bertz CT molecular complexity index is 726. The molecule has 1 saturated carbocycles. The van der Waals surface area contributed by atoms with Crippen LogP contribution in [0.15, 0.2) is 37.5 Å². The Morgan fingerprint density at radius 1 is 1.53 bits per heavy atom. The summed E-state index contributed by atoms with van der Waals surface area (Å²) in [4.78, 5) is 12.5. The number of nitrogens with one attached hydrogen (secondary N) is 1. The third-order valence-corrected chi connectivity index (χ3v) is 4.37. The number of halogens is 1. The van der Waals surface area contributed by atoms with E-state index in [-0.39, 0.29) is 11.7 Å². The van der Waals surface area contributed by atoms with Crippen molar-refractivity contribution in [1.82, 2.24) is 14.8 Å². The molecule has 0 spiro atoms. The minimum atomic E-state index is -0.182. The fourth-order valence-corrected chi connectivity index (χ4v) is 3.33. The number of rotatable bonds is 3. The van der Waals surface area contributed by atoms with Crippen molar-refractivity contribution in [3.05, 3.63) is 38.7 Å². The normalized spacial score (nSPS) is 14.3. The molecule has 96 valence electrons. The summed E-state index contributed by atoms with van der Waals surface area (Å²) in [7, 11) is 0. The van der Waals surface area contributed by atoms with Crippen LogP contribution in [0.4, 0.5) is 0 Å². The summed E-state index contributed by atoms with van der Waals surface area (Å²) in [5, 5.41) is 16.2. The summed E-state index contributed by atoms with van der Waals surface area (Å²) in [5.41, 5.74) is 0.393. The monoisotopic (exact) mass is 336 g/mol. The van der Waals surface area contributed by atoms with Crippen LogP contribution in [0, 0.1) is 11.3 Å². The lowest BCUT2D eigenvalue weighted by atomic mass is 10.2. The Morgan fingerprint density at radius 3 is 3.00 bits per heavy atom. The minimum absolute atomic E-state index is 0.182. The van der Waals surface area contributed by atoms with E-state index in [2.05, 4.69) is 32.2 Å². The lowest BCUT2D eigenvalue weighted by Crippen LogP contribution is -2.16. The lowest BCUT2D eigenvalue weighted by Gasteiger charge is -2.05. The van der Waals surface area contributed by atoms with Crippen molar-refractivity contribution in [3.63, 3.8) is 0 Å². The number of hydrogen-bond acceptors (Lipinski definition) is 4. The maximum absolute atomic E-state index is 11.7. The smallest absolute Gasteiger partial charge is 0.267 e. The maximum Gasteiger partial charge on any atom is 0.344 e. The van der Waals surface area contributed by atoms with Gasteiger partial charge in [-0.3, -0.25) is 4.57 Å². The first-order valence-electron chi connectivity index (χ1n) is 5.73. The SMILES string of the molecule is N#Cc1ccc(Br)cc1Sc1n[nH]c(=O)n1C1CC1. The lowest BCUT2D eigenvalue weighted by molar-refractivity contribution is 0.642. The number of hydrogen-bond donors (Lipinski definition) is 1. The molecule has 2 aromatic rings. The Morgan fingerprint density at radius 2 is 2.32 bits per heavy atom. The maximum atomic E-state index is 11.7. The third-order valence-electron chi connectivity index (χ3n) is 2.85. The predicted octanol–water partition coefficient (Wildman–Crippen LogP) is 2.69. The fraction of sp³-hybridized carbons (Fsp3) is 0.250. The zero-order valence-corrected chi connectivity index (χ0v) is 12.2. The van der Waals surface area contributed by atoms with Crippen molar-refractivity contribution < 1.29 is 0 Å². The summed E-state index contributed by atoms with van der Waals surface area (Å²) in [6, 6.07) is 7.83. The third kappa shape index (κ3) is 2.46. The van der Waals surface area contributed by atoms with E-state index in [0.29, 0.717) is 10.7 Å². The van der Waals surface area contributed by atoms with Crippen LogP contribution in [0.25, 0.3) is 0 Å². The van der Waals surface area contributed by atoms with Gasteiger partial charge in [-0.25, -0.2) is 9.89 Å². The van der Waals surface area contributed by atoms with Crippen molar-refractivity contribution in [3.8, 4) is 6.07 Å². The molecule has 1 fully saturated rings. The van der Waals surface area contributed by atoms with Gasteiger partial charge in [0.2, 0.25) is 0 Å². The molecule has 1 aromatic heterocycles. The van der Waals surface area contributed by atoms with Crippen LogP contribution in [0.2, 0.25) is 0 Å².